The number of anilines is 1. The molecule has 0 spiro atoms. The molecule has 2 aromatic rings. The molecule has 166 valence electrons. The summed E-state index contributed by atoms with van der Waals surface area (Å²) in [5, 5.41) is 2.81. The zero-order valence-electron chi connectivity index (χ0n) is 18.5. The lowest BCUT2D eigenvalue weighted by Gasteiger charge is -2.21. The van der Waals surface area contributed by atoms with Crippen LogP contribution in [0.1, 0.15) is 59.3 Å². The van der Waals surface area contributed by atoms with E-state index in [0.717, 1.165) is 12.0 Å². The molecule has 1 aromatic carbocycles. The zero-order valence-corrected chi connectivity index (χ0v) is 18.5. The van der Waals surface area contributed by atoms with Gasteiger partial charge in [-0.05, 0) is 44.9 Å². The van der Waals surface area contributed by atoms with Crippen molar-refractivity contribution in [3.8, 4) is 11.5 Å². The molecule has 2 N–H and O–H groups in total. The van der Waals surface area contributed by atoms with E-state index >= 15 is 0 Å². The average molecular weight is 428 g/mol. The van der Waals surface area contributed by atoms with Crippen LogP contribution in [-0.2, 0) is 11.2 Å². The smallest absolute Gasteiger partial charge is 0.271 e. The van der Waals surface area contributed by atoms with Crippen molar-refractivity contribution in [3.05, 3.63) is 40.7 Å². The Morgan fingerprint density at radius 1 is 1.13 bits per heavy atom. The number of fused-ring (bicyclic) bond motifs is 1. The molecule has 8 nitrogen and oxygen atoms in total. The molecule has 8 heteroatoms. The Morgan fingerprint density at radius 2 is 1.84 bits per heavy atom. The molecule has 1 aliphatic rings. The zero-order chi connectivity index (χ0) is 22.5. The molecule has 0 radical (unpaired) electrons. The largest absolute Gasteiger partial charge is 0.486 e. The van der Waals surface area contributed by atoms with Crippen LogP contribution >= 0.6 is 0 Å². The minimum atomic E-state index is -0.320. The number of H-pyrrole nitrogens is 1. The number of Topliss-reactive ketones (excluding diaryl/α,β-unsaturated/α-hetero) is 1. The van der Waals surface area contributed by atoms with Crippen molar-refractivity contribution < 1.29 is 23.9 Å². The lowest BCUT2D eigenvalue weighted by atomic mass is 10.0. The first-order valence-corrected chi connectivity index (χ1v) is 10.6. The van der Waals surface area contributed by atoms with E-state index in [-0.39, 0.29) is 24.1 Å². The number of hydrogen-bond acceptors (Lipinski definition) is 5. The van der Waals surface area contributed by atoms with Crippen LogP contribution in [0.5, 0.6) is 11.5 Å². The van der Waals surface area contributed by atoms with Gasteiger partial charge in [0.15, 0.2) is 17.3 Å². The maximum Gasteiger partial charge on any atom is 0.271 e. The number of aryl methyl sites for hydroxylation is 1. The molecule has 0 fully saturated rings. The van der Waals surface area contributed by atoms with Crippen LogP contribution < -0.4 is 14.8 Å². The number of carbonyl (C=O) groups is 3. The maximum absolute atomic E-state index is 13.2. The Balaban J connectivity index is 1.75. The fourth-order valence-corrected chi connectivity index (χ4v) is 3.82. The highest BCUT2D eigenvalue weighted by Gasteiger charge is 2.26. The van der Waals surface area contributed by atoms with E-state index in [4.69, 9.17) is 9.47 Å². The van der Waals surface area contributed by atoms with Gasteiger partial charge in [0.25, 0.3) is 5.91 Å². The topological polar surface area (TPSA) is 101 Å². The summed E-state index contributed by atoms with van der Waals surface area (Å²) in [5.41, 5.74) is 2.93. The number of carbonyl (C=O) groups excluding carboxylic acids is 3. The predicted molar refractivity (Wildman–Crippen MR) is 117 cm³/mol. The van der Waals surface area contributed by atoms with Crippen molar-refractivity contribution >= 4 is 23.3 Å². The molecule has 0 atom stereocenters. The Kier molecular flexibility index (Phi) is 6.99. The number of nitrogens with zero attached hydrogens (tertiary/aromatic N) is 1. The van der Waals surface area contributed by atoms with Gasteiger partial charge >= 0.3 is 0 Å². The number of ketones is 1. The minimum Gasteiger partial charge on any atom is -0.486 e. The molecule has 1 aromatic heterocycles. The van der Waals surface area contributed by atoms with Crippen molar-refractivity contribution in [3.63, 3.8) is 0 Å². The highest BCUT2D eigenvalue weighted by atomic mass is 16.6. The van der Waals surface area contributed by atoms with E-state index < -0.39 is 0 Å². The molecule has 3 rings (SSSR count). The van der Waals surface area contributed by atoms with Crippen LogP contribution in [-0.4, -0.2) is 53.8 Å². The second-order valence-electron chi connectivity index (χ2n) is 7.51. The molecular formula is C23H29N3O5. The fraction of sp³-hybridized carbons (Fsp3) is 0.435. The molecule has 0 saturated carbocycles. The Bertz CT molecular complexity index is 995. The predicted octanol–water partition coefficient (Wildman–Crippen LogP) is 3.35. The van der Waals surface area contributed by atoms with Gasteiger partial charge in [0.2, 0.25) is 5.91 Å². The molecule has 31 heavy (non-hydrogen) atoms. The monoisotopic (exact) mass is 427 g/mol. The number of hydrogen-bond donors (Lipinski definition) is 2. The van der Waals surface area contributed by atoms with Gasteiger partial charge in [-0.15, -0.1) is 0 Å². The summed E-state index contributed by atoms with van der Waals surface area (Å²) in [7, 11) is 0. The SMILES string of the molecule is CCCc1c(C(=O)N(CC)CC(=O)Nc2ccc3c(c2)OCCO3)[nH]c(C)c1C(C)=O. The van der Waals surface area contributed by atoms with Gasteiger partial charge in [0, 0.05) is 29.6 Å². The highest BCUT2D eigenvalue weighted by molar-refractivity contribution is 6.04. The minimum absolute atomic E-state index is 0.0735. The highest BCUT2D eigenvalue weighted by Crippen LogP contribution is 2.32. The third-order valence-electron chi connectivity index (χ3n) is 5.19. The van der Waals surface area contributed by atoms with E-state index in [2.05, 4.69) is 10.3 Å². The maximum atomic E-state index is 13.2. The van der Waals surface area contributed by atoms with Crippen LogP contribution in [0, 0.1) is 6.92 Å². The second kappa shape index (κ2) is 9.68. The standard InChI is InChI=1S/C23H29N3O5/c1-5-7-17-21(15(4)27)14(3)24-22(17)23(29)26(6-2)13-20(28)25-16-8-9-18-19(12-16)31-11-10-30-18/h8-9,12,24H,5-7,10-11,13H2,1-4H3,(H,25,28). The van der Waals surface area contributed by atoms with Crippen LogP contribution in [0.2, 0.25) is 0 Å². The van der Waals surface area contributed by atoms with Gasteiger partial charge in [-0.3, -0.25) is 14.4 Å². The quantitative estimate of drug-likeness (QED) is 0.629. The molecule has 0 aliphatic carbocycles. The van der Waals surface area contributed by atoms with Crippen LogP contribution in [0.4, 0.5) is 5.69 Å². The molecule has 2 heterocycles. The van der Waals surface area contributed by atoms with Gasteiger partial charge in [0.1, 0.15) is 25.5 Å². The molecular weight excluding hydrogens is 398 g/mol. The number of amides is 2. The molecule has 2 amide bonds. The van der Waals surface area contributed by atoms with E-state index in [9.17, 15) is 14.4 Å². The third kappa shape index (κ3) is 4.90. The van der Waals surface area contributed by atoms with Crippen LogP contribution in [0.3, 0.4) is 0 Å². The van der Waals surface area contributed by atoms with Gasteiger partial charge in [-0.25, -0.2) is 0 Å². The lowest BCUT2D eigenvalue weighted by molar-refractivity contribution is -0.116. The fourth-order valence-electron chi connectivity index (χ4n) is 3.82. The van der Waals surface area contributed by atoms with Crippen LogP contribution in [0.25, 0.3) is 0 Å². The van der Waals surface area contributed by atoms with Crippen molar-refractivity contribution in [2.75, 3.05) is 31.6 Å². The molecule has 0 bridgehead atoms. The summed E-state index contributed by atoms with van der Waals surface area (Å²) in [6.07, 6.45) is 1.41. The lowest BCUT2D eigenvalue weighted by Crippen LogP contribution is -2.38. The van der Waals surface area contributed by atoms with Crippen molar-refractivity contribution in [1.82, 2.24) is 9.88 Å². The Labute approximate surface area is 181 Å². The number of ether oxygens (including phenoxy) is 2. The first kappa shape index (κ1) is 22.4. The summed E-state index contributed by atoms with van der Waals surface area (Å²) in [6, 6.07) is 5.18. The second-order valence-corrected chi connectivity index (χ2v) is 7.51. The van der Waals surface area contributed by atoms with Crippen molar-refractivity contribution in [2.24, 2.45) is 0 Å². The van der Waals surface area contributed by atoms with E-state index in [1.54, 1.807) is 25.1 Å². The Morgan fingerprint density at radius 3 is 2.48 bits per heavy atom. The first-order chi connectivity index (χ1) is 14.8. The normalized spacial score (nSPS) is 12.4. The summed E-state index contributed by atoms with van der Waals surface area (Å²) in [6.45, 7) is 8.31. The number of benzene rings is 1. The van der Waals surface area contributed by atoms with E-state index in [0.29, 0.717) is 60.3 Å². The first-order valence-electron chi connectivity index (χ1n) is 10.6. The number of aromatic amines is 1. The van der Waals surface area contributed by atoms with E-state index in [1.807, 2.05) is 13.8 Å². The number of rotatable bonds is 8. The molecule has 0 saturated heterocycles. The van der Waals surface area contributed by atoms with Gasteiger partial charge < -0.3 is 24.7 Å². The van der Waals surface area contributed by atoms with Crippen molar-refractivity contribution in [2.45, 2.75) is 40.5 Å². The van der Waals surface area contributed by atoms with Gasteiger partial charge in [0.05, 0.1) is 0 Å². The number of aromatic nitrogens is 1. The summed E-state index contributed by atoms with van der Waals surface area (Å²) in [4.78, 5) is 42.5. The number of nitrogens with one attached hydrogen (secondary N) is 2. The van der Waals surface area contributed by atoms with Gasteiger partial charge in [-0.1, -0.05) is 13.3 Å². The third-order valence-corrected chi connectivity index (χ3v) is 5.19. The molecule has 1 aliphatic heterocycles. The van der Waals surface area contributed by atoms with Crippen molar-refractivity contribution in [1.29, 1.82) is 0 Å². The average Bonchev–Trinajstić information content (AvgIpc) is 3.07. The van der Waals surface area contributed by atoms with E-state index in [1.165, 1.54) is 11.8 Å². The summed E-state index contributed by atoms with van der Waals surface area (Å²) >= 11 is 0. The van der Waals surface area contributed by atoms with Crippen LogP contribution in [0.15, 0.2) is 18.2 Å². The molecule has 0 unspecified atom stereocenters. The Hall–Kier alpha value is -3.29. The summed E-state index contributed by atoms with van der Waals surface area (Å²) < 4.78 is 11.0. The summed E-state index contributed by atoms with van der Waals surface area (Å²) in [5.74, 6) is 0.533. The number of likely N-dealkylation sites (N-methyl/N-ethyl adjacent to an activating group) is 1. The van der Waals surface area contributed by atoms with Gasteiger partial charge in [-0.2, -0.15) is 0 Å².